The highest BCUT2D eigenvalue weighted by Gasteiger charge is 2.30. The van der Waals surface area contributed by atoms with Crippen LogP contribution in [0.5, 0.6) is 0 Å². The average molecular weight is 1500 g/mol. The molecule has 0 aliphatic heterocycles. The molecule has 0 aromatic rings. The molecule has 0 amide bonds. The number of phosphoric ester groups is 2. The van der Waals surface area contributed by atoms with E-state index in [4.69, 9.17) is 37.0 Å². The molecule has 0 fully saturated rings. The molecule has 17 nitrogen and oxygen atoms in total. The van der Waals surface area contributed by atoms with E-state index in [2.05, 4.69) is 137 Å². The van der Waals surface area contributed by atoms with Crippen molar-refractivity contribution in [3.8, 4) is 0 Å². The van der Waals surface area contributed by atoms with Gasteiger partial charge >= 0.3 is 39.5 Å². The number of aliphatic hydroxyl groups is 1. The van der Waals surface area contributed by atoms with Gasteiger partial charge in [-0.1, -0.05) is 297 Å². The number of allylic oxidation sites excluding steroid dienone is 20. The molecule has 598 valence electrons. The van der Waals surface area contributed by atoms with Gasteiger partial charge in [0.15, 0.2) is 12.2 Å². The first-order valence-electron chi connectivity index (χ1n) is 40.8. The summed E-state index contributed by atoms with van der Waals surface area (Å²) in [6.07, 6.45) is 84.6. The van der Waals surface area contributed by atoms with E-state index in [-0.39, 0.29) is 25.7 Å². The highest BCUT2D eigenvalue weighted by Crippen LogP contribution is 2.45. The number of unbranched alkanes of at least 4 members (excludes halogenated alkanes) is 30. The van der Waals surface area contributed by atoms with Crippen LogP contribution >= 0.6 is 15.6 Å². The molecule has 5 atom stereocenters. The van der Waals surface area contributed by atoms with Gasteiger partial charge < -0.3 is 33.8 Å². The number of hydrogen-bond acceptors (Lipinski definition) is 15. The molecular formula is C85H146O17P2. The maximum absolute atomic E-state index is 13.1. The van der Waals surface area contributed by atoms with Gasteiger partial charge in [0.25, 0.3) is 0 Å². The summed E-state index contributed by atoms with van der Waals surface area (Å²) < 4.78 is 68.6. The number of phosphoric acid groups is 2. The van der Waals surface area contributed by atoms with E-state index in [1.807, 2.05) is 12.2 Å². The Morgan fingerprint density at radius 2 is 0.510 bits per heavy atom. The molecule has 5 unspecified atom stereocenters. The van der Waals surface area contributed by atoms with Crippen molar-refractivity contribution in [2.45, 2.75) is 354 Å². The second kappa shape index (κ2) is 76.6. The van der Waals surface area contributed by atoms with Crippen LogP contribution in [0.3, 0.4) is 0 Å². The summed E-state index contributed by atoms with van der Waals surface area (Å²) in [5.74, 6) is -2.26. The first-order valence-corrected chi connectivity index (χ1v) is 43.8. The summed E-state index contributed by atoms with van der Waals surface area (Å²) in [7, 11) is -9.98. The van der Waals surface area contributed by atoms with Crippen molar-refractivity contribution in [2.75, 3.05) is 39.6 Å². The molecule has 0 aromatic heterocycles. The lowest BCUT2D eigenvalue weighted by Crippen LogP contribution is -2.30. The fraction of sp³-hybridized carbons (Fsp3) is 0.718. The molecule has 0 saturated heterocycles. The Hall–Kier alpha value is -4.54. The van der Waals surface area contributed by atoms with Crippen molar-refractivity contribution < 1.29 is 80.2 Å². The van der Waals surface area contributed by atoms with E-state index >= 15 is 0 Å². The van der Waals surface area contributed by atoms with Crippen molar-refractivity contribution in [3.05, 3.63) is 122 Å². The quantitative estimate of drug-likeness (QED) is 0.0169. The summed E-state index contributed by atoms with van der Waals surface area (Å²) in [5, 5.41) is 10.6. The summed E-state index contributed by atoms with van der Waals surface area (Å²) in [4.78, 5) is 73.0. The van der Waals surface area contributed by atoms with Crippen molar-refractivity contribution in [2.24, 2.45) is 0 Å². The molecule has 0 aliphatic carbocycles. The van der Waals surface area contributed by atoms with E-state index < -0.39 is 97.5 Å². The van der Waals surface area contributed by atoms with Crippen LogP contribution in [0.15, 0.2) is 122 Å². The van der Waals surface area contributed by atoms with Gasteiger partial charge in [-0.25, -0.2) is 9.13 Å². The van der Waals surface area contributed by atoms with Crippen LogP contribution in [-0.4, -0.2) is 96.7 Å². The Balaban J connectivity index is 5.40. The Morgan fingerprint density at radius 3 is 0.827 bits per heavy atom. The Bertz CT molecular complexity index is 2440. The summed E-state index contributed by atoms with van der Waals surface area (Å²) >= 11 is 0. The molecule has 0 aliphatic rings. The number of carbonyl (C=O) groups excluding carboxylic acids is 4. The van der Waals surface area contributed by atoms with E-state index in [0.29, 0.717) is 32.1 Å². The fourth-order valence-electron chi connectivity index (χ4n) is 10.7. The van der Waals surface area contributed by atoms with Crippen LogP contribution < -0.4 is 0 Å². The zero-order valence-corrected chi connectivity index (χ0v) is 67.2. The van der Waals surface area contributed by atoms with Crippen LogP contribution in [0.2, 0.25) is 0 Å². The third kappa shape index (κ3) is 75.7. The van der Waals surface area contributed by atoms with Gasteiger partial charge in [0.1, 0.15) is 19.3 Å². The van der Waals surface area contributed by atoms with Crippen molar-refractivity contribution in [1.29, 1.82) is 0 Å². The second-order valence-corrected chi connectivity index (χ2v) is 29.9. The summed E-state index contributed by atoms with van der Waals surface area (Å²) in [6, 6.07) is 0. The minimum atomic E-state index is -4.99. The predicted molar refractivity (Wildman–Crippen MR) is 427 cm³/mol. The Morgan fingerprint density at radius 1 is 0.279 bits per heavy atom. The number of carbonyl (C=O) groups is 4. The van der Waals surface area contributed by atoms with Crippen LogP contribution in [0.25, 0.3) is 0 Å². The molecule has 104 heavy (non-hydrogen) atoms. The minimum Gasteiger partial charge on any atom is -0.462 e. The summed E-state index contributed by atoms with van der Waals surface area (Å²) in [6.45, 7) is 4.64. The second-order valence-electron chi connectivity index (χ2n) is 27.0. The molecule has 19 heteroatoms. The zero-order chi connectivity index (χ0) is 76.0. The lowest BCUT2D eigenvalue weighted by Gasteiger charge is -2.21. The van der Waals surface area contributed by atoms with E-state index in [1.165, 1.54) is 89.9 Å². The summed E-state index contributed by atoms with van der Waals surface area (Å²) in [5.41, 5.74) is 0. The Labute approximate surface area is 632 Å². The molecule has 0 spiro atoms. The maximum Gasteiger partial charge on any atom is 0.472 e. The monoisotopic (exact) mass is 1500 g/mol. The maximum atomic E-state index is 13.1. The number of ether oxygens (including phenoxy) is 4. The third-order valence-electron chi connectivity index (χ3n) is 16.9. The molecule has 0 aromatic carbocycles. The lowest BCUT2D eigenvalue weighted by molar-refractivity contribution is -0.161. The number of rotatable bonds is 76. The highest BCUT2D eigenvalue weighted by atomic mass is 31.2. The lowest BCUT2D eigenvalue weighted by atomic mass is 10.0. The van der Waals surface area contributed by atoms with Crippen LogP contribution in [0, 0.1) is 0 Å². The number of aliphatic hydroxyl groups excluding tert-OH is 1. The first kappa shape index (κ1) is 99.5. The molecule has 0 bridgehead atoms. The zero-order valence-electron chi connectivity index (χ0n) is 65.4. The van der Waals surface area contributed by atoms with E-state index in [0.717, 1.165) is 161 Å². The molecule has 0 heterocycles. The van der Waals surface area contributed by atoms with Gasteiger partial charge in [-0.15, -0.1) is 0 Å². The van der Waals surface area contributed by atoms with Gasteiger partial charge in [0, 0.05) is 25.7 Å². The third-order valence-corrected chi connectivity index (χ3v) is 18.8. The average Bonchev–Trinajstić information content (AvgIpc) is 0.939. The van der Waals surface area contributed by atoms with Gasteiger partial charge in [-0.2, -0.15) is 0 Å². The smallest absolute Gasteiger partial charge is 0.462 e. The van der Waals surface area contributed by atoms with Crippen molar-refractivity contribution in [3.63, 3.8) is 0 Å². The van der Waals surface area contributed by atoms with Crippen LogP contribution in [0.4, 0.5) is 0 Å². The highest BCUT2D eigenvalue weighted by molar-refractivity contribution is 7.47. The van der Waals surface area contributed by atoms with Gasteiger partial charge in [-0.05, 0) is 135 Å². The molecule has 0 saturated carbocycles. The predicted octanol–water partition coefficient (Wildman–Crippen LogP) is 23.9. The van der Waals surface area contributed by atoms with Crippen LogP contribution in [0.1, 0.15) is 336 Å². The first-order chi connectivity index (χ1) is 50.7. The standard InChI is InChI=1S/C85H146O17P2/c1-5-9-13-17-21-25-29-33-36-38-39-41-44-47-50-54-58-62-66-70-83(88)95-75-80(101-84(89)71-67-63-59-55-51-45-32-28-24-20-16-12-8-4)77-99-103(91,92)97-73-79(86)74-98-104(93,94)100-78-81(102-85(90)72-68-64-60-56-52-48-42-35-31-27-23-19-15-11-7-3)76-96-82(87)69-65-61-57-53-49-46-43-40-37-34-30-26-22-18-14-10-6-2/h10,14,21-23,25-27,33-37,39,41-43,46,53,57,79-81,86H,5-9,11-13,15-20,24,28-32,38,40,44-45,47-52,54-56,58-78H2,1-4H3,(H,91,92)(H,93,94)/b14-10-,25-21-,26-22-,27-23-,36-33-,37-34-,41-39-,42-35-,46-43-,57-53-. The largest absolute Gasteiger partial charge is 0.472 e. The Kier molecular flexibility index (Phi) is 73.3. The van der Waals surface area contributed by atoms with Crippen molar-refractivity contribution >= 4 is 39.5 Å². The van der Waals surface area contributed by atoms with Gasteiger partial charge in [0.05, 0.1) is 26.4 Å². The normalized spacial score (nSPS) is 14.5. The van der Waals surface area contributed by atoms with Gasteiger partial charge in [-0.3, -0.25) is 37.3 Å². The molecular weight excluding hydrogens is 1350 g/mol. The minimum absolute atomic E-state index is 0.0649. The van der Waals surface area contributed by atoms with Crippen LogP contribution in [-0.2, 0) is 65.4 Å². The SMILES string of the molecule is CC/C=C\C/C=C\C/C=C\C/C=C\C/C=C\CCCC(=O)OCC(COP(=O)(O)OCC(O)COP(=O)(O)OCC(COC(=O)CCCCCCCC/C=C\C/C=C\C/C=C\CCCCC)OC(=O)CCCCCCCCCCCCCCC)OC(=O)CCCCCCC/C=C\C/C=C\CCCCC. The molecule has 0 radical (unpaired) electrons. The van der Waals surface area contributed by atoms with E-state index in [1.54, 1.807) is 0 Å². The van der Waals surface area contributed by atoms with E-state index in [9.17, 15) is 43.2 Å². The van der Waals surface area contributed by atoms with Gasteiger partial charge in [0.2, 0.25) is 0 Å². The number of hydrogen-bond donors (Lipinski definition) is 3. The number of esters is 4. The molecule has 0 rings (SSSR count). The fourth-order valence-corrected chi connectivity index (χ4v) is 12.3. The molecule has 3 N–H and O–H groups in total. The topological polar surface area (TPSA) is 237 Å². The van der Waals surface area contributed by atoms with Crippen molar-refractivity contribution in [1.82, 2.24) is 0 Å².